The fourth-order valence-electron chi connectivity index (χ4n) is 10.1. The molecule has 20 atom stereocenters. The van der Waals surface area contributed by atoms with E-state index >= 15 is 0 Å². The monoisotopic (exact) mass is 1090 g/mol. The third-order valence-electron chi connectivity index (χ3n) is 14.8. The average molecular weight is 1090 g/mol. The van der Waals surface area contributed by atoms with Crippen molar-refractivity contribution >= 4 is 17.7 Å². The van der Waals surface area contributed by atoms with Crippen LogP contribution >= 0.6 is 0 Å². The number of rotatable bonds is 21. The number of nitrogens with zero attached hydrogens (tertiary/aromatic N) is 1. The highest BCUT2D eigenvalue weighted by atomic mass is 16.8. The lowest BCUT2D eigenvalue weighted by atomic mass is 9.84. The van der Waals surface area contributed by atoms with E-state index < -0.39 is 136 Å². The van der Waals surface area contributed by atoms with Gasteiger partial charge in [-0.2, -0.15) is 0 Å². The van der Waals surface area contributed by atoms with Crippen LogP contribution < -0.4 is 21.3 Å². The molecule has 8 bridgehead atoms. The zero-order valence-electron chi connectivity index (χ0n) is 43.2. The summed E-state index contributed by atoms with van der Waals surface area (Å²) in [7, 11) is 0. The molecule has 434 valence electrons. The summed E-state index contributed by atoms with van der Waals surface area (Å²) in [6.45, 7) is 12.6. The molecular weight excluding hydrogens is 1010 g/mol. The largest absolute Gasteiger partial charge is 0.394 e. The molecule has 0 radical (unpaired) electrons. The lowest BCUT2D eigenvalue weighted by Crippen LogP contribution is -2.64. The van der Waals surface area contributed by atoms with Crippen molar-refractivity contribution in [2.45, 2.75) is 195 Å². The number of ether oxygens (including phenoxy) is 8. The van der Waals surface area contributed by atoms with Crippen molar-refractivity contribution < 1.29 is 103 Å². The molecule has 0 aromatic carbocycles. The van der Waals surface area contributed by atoms with Crippen LogP contribution in [0.3, 0.4) is 0 Å². The third-order valence-corrected chi connectivity index (χ3v) is 14.8. The zero-order chi connectivity index (χ0) is 55.2. The van der Waals surface area contributed by atoms with Gasteiger partial charge in [-0.25, -0.2) is 0 Å². The van der Waals surface area contributed by atoms with Gasteiger partial charge in [0, 0.05) is 68.8 Å². The van der Waals surface area contributed by atoms with Crippen LogP contribution in [0.5, 0.6) is 0 Å². The first-order valence-corrected chi connectivity index (χ1v) is 26.4. The summed E-state index contributed by atoms with van der Waals surface area (Å²) in [6, 6.07) is 0. The highest BCUT2D eigenvalue weighted by Gasteiger charge is 2.53. The van der Waals surface area contributed by atoms with Gasteiger partial charge in [-0.15, -0.1) is 6.58 Å². The number of nitrogens with one attached hydrogen (secondary N) is 4. The SMILES string of the molecule is C=C(C)CCC(=O)N(CNC(=C)CCC(=O)NCC1O[C@@H]2OC3C(CO)O[C@H](OCCCCC1[C@H](O)C2O)C(O)[C@H]3O)CNC(=C)CCC(=O)NCC1O[C@@H]2OC3C(CO)O[C@H](OCCCCC1[C@H](O)C2O)C(O)[C@H]3O. The van der Waals surface area contributed by atoms with Crippen molar-refractivity contribution in [1.82, 2.24) is 26.2 Å². The first kappa shape index (κ1) is 61.7. The number of amides is 3. The van der Waals surface area contributed by atoms with Gasteiger partial charge in [0.1, 0.15) is 61.0 Å². The van der Waals surface area contributed by atoms with Crippen molar-refractivity contribution in [2.24, 2.45) is 11.8 Å². The van der Waals surface area contributed by atoms with Gasteiger partial charge in [0.05, 0.1) is 51.0 Å². The quantitative estimate of drug-likeness (QED) is 0.0388. The van der Waals surface area contributed by atoms with Crippen LogP contribution in [0, 0.1) is 11.8 Å². The van der Waals surface area contributed by atoms with Gasteiger partial charge in [0.15, 0.2) is 25.2 Å². The van der Waals surface area contributed by atoms with Gasteiger partial charge >= 0.3 is 0 Å². The summed E-state index contributed by atoms with van der Waals surface area (Å²) >= 11 is 0. The minimum absolute atomic E-state index is 0.00531. The standard InChI is InChI=1S/C50H83N5O21/c1-25(2)11-16-36(60)55(23-53-26(3)12-14-34(58)51-19-30-28-9-5-7-17-69-47-43(67)39(63)45(32(21-56)73-47)75-49(71-30)41(65)37(28)61)24-54-27(4)13-15-35(59)52-20-31-29-10-6-8-18-70-48-44(68)40(64)46(33(22-57)74-48)76-50(72-31)42(66)38(29)62/h28-33,37-50,53-54,56-57,61-68H,1,3-24H2,2H3,(H,51,58)(H,52,59)/t28?,29?,30?,31?,32?,33?,37-,38-,39+,40+,41?,42?,43?,44?,45?,46?,47-,48-,49+,50+/m0/s1. The van der Waals surface area contributed by atoms with Crippen LogP contribution in [0.25, 0.3) is 0 Å². The molecule has 0 aromatic heterocycles. The Kier molecular flexibility index (Phi) is 24.1. The van der Waals surface area contributed by atoms with E-state index in [0.717, 1.165) is 5.57 Å². The van der Waals surface area contributed by atoms with E-state index in [2.05, 4.69) is 41.0 Å². The predicted molar refractivity (Wildman–Crippen MR) is 263 cm³/mol. The second kappa shape index (κ2) is 29.6. The summed E-state index contributed by atoms with van der Waals surface area (Å²) in [5, 5.41) is 119. The van der Waals surface area contributed by atoms with E-state index in [1.807, 2.05) is 6.92 Å². The van der Waals surface area contributed by atoms with Gasteiger partial charge in [-0.1, -0.05) is 31.6 Å². The summed E-state index contributed by atoms with van der Waals surface area (Å²) in [6.07, 6.45) is -20.7. The predicted octanol–water partition coefficient (Wildman–Crippen LogP) is -3.74. The van der Waals surface area contributed by atoms with Crippen molar-refractivity contribution in [1.29, 1.82) is 0 Å². The topological polar surface area (TPSA) is 379 Å². The van der Waals surface area contributed by atoms with E-state index in [-0.39, 0.29) is 89.5 Å². The van der Waals surface area contributed by atoms with Gasteiger partial charge in [0.2, 0.25) is 17.7 Å². The van der Waals surface area contributed by atoms with Gasteiger partial charge < -0.3 is 115 Å². The molecule has 12 unspecified atom stereocenters. The Morgan fingerprint density at radius 3 is 1.26 bits per heavy atom. The Labute approximate surface area is 442 Å². The molecule has 26 nitrogen and oxygen atoms in total. The van der Waals surface area contributed by atoms with Crippen LogP contribution in [-0.4, -0.2) is 237 Å². The smallest absolute Gasteiger partial charge is 0.225 e. The van der Waals surface area contributed by atoms with Gasteiger partial charge in [0.25, 0.3) is 0 Å². The minimum Gasteiger partial charge on any atom is -0.394 e. The fourth-order valence-corrected chi connectivity index (χ4v) is 10.1. The second-order valence-electron chi connectivity index (χ2n) is 20.6. The minimum atomic E-state index is -1.59. The fraction of sp³-hybridized carbons (Fsp3) is 0.820. The molecule has 0 spiro atoms. The Hall–Kier alpha value is -3.49. The van der Waals surface area contributed by atoms with Crippen LogP contribution in [0.15, 0.2) is 36.7 Å². The maximum atomic E-state index is 13.4. The molecular formula is C50H83N5O21. The highest BCUT2D eigenvalue weighted by Crippen LogP contribution is 2.36. The first-order valence-electron chi connectivity index (χ1n) is 26.4. The highest BCUT2D eigenvalue weighted by molar-refractivity contribution is 5.77. The molecule has 12 heterocycles. The van der Waals surface area contributed by atoms with Crippen LogP contribution in [0.4, 0.5) is 0 Å². The van der Waals surface area contributed by atoms with Crippen LogP contribution in [0.2, 0.25) is 0 Å². The maximum absolute atomic E-state index is 13.4. The average Bonchev–Trinajstić information content (AvgIpc) is 3.41. The normalized spacial score (nSPS) is 38.0. The zero-order valence-corrected chi connectivity index (χ0v) is 43.2. The summed E-state index contributed by atoms with van der Waals surface area (Å²) in [5.74, 6) is -2.25. The number of aliphatic hydroxyl groups is 10. The molecule has 26 heteroatoms. The van der Waals surface area contributed by atoms with E-state index in [4.69, 9.17) is 37.9 Å². The van der Waals surface area contributed by atoms with E-state index in [0.29, 0.717) is 56.3 Å². The molecule has 0 aliphatic carbocycles. The van der Waals surface area contributed by atoms with Crippen LogP contribution in [0.1, 0.15) is 84.0 Å². The van der Waals surface area contributed by atoms with Gasteiger partial charge in [-0.05, 0) is 51.9 Å². The second-order valence-corrected chi connectivity index (χ2v) is 20.6. The molecule has 0 saturated carbocycles. The maximum Gasteiger partial charge on any atom is 0.225 e. The third kappa shape index (κ3) is 16.5. The number of carbonyl (C=O) groups is 3. The Bertz CT molecular complexity index is 1790. The summed E-state index contributed by atoms with van der Waals surface area (Å²) in [4.78, 5) is 41.3. The molecule has 12 fully saturated rings. The molecule has 12 saturated heterocycles. The van der Waals surface area contributed by atoms with E-state index in [1.165, 1.54) is 4.90 Å². The Morgan fingerprint density at radius 1 is 0.474 bits per heavy atom. The lowest BCUT2D eigenvalue weighted by Gasteiger charge is -2.47. The molecule has 14 N–H and O–H groups in total. The van der Waals surface area contributed by atoms with Crippen molar-refractivity contribution in [3.63, 3.8) is 0 Å². The van der Waals surface area contributed by atoms with Crippen LogP contribution in [-0.2, 0) is 52.3 Å². The Balaban J connectivity index is 0.957. The van der Waals surface area contributed by atoms with Crippen molar-refractivity contribution in [3.8, 4) is 0 Å². The number of hydrogen-bond donors (Lipinski definition) is 14. The molecule has 12 aliphatic rings. The van der Waals surface area contributed by atoms with Crippen molar-refractivity contribution in [3.05, 3.63) is 36.7 Å². The lowest BCUT2D eigenvalue weighted by molar-refractivity contribution is -0.355. The first-order chi connectivity index (χ1) is 36.3. The Morgan fingerprint density at radius 2 is 0.868 bits per heavy atom. The van der Waals surface area contributed by atoms with Gasteiger partial charge in [-0.3, -0.25) is 14.4 Å². The number of carbonyl (C=O) groups excluding carboxylic acids is 3. The number of aliphatic hydroxyl groups excluding tert-OH is 10. The number of hydrogen-bond acceptors (Lipinski definition) is 23. The van der Waals surface area contributed by atoms with E-state index in [9.17, 15) is 65.4 Å². The summed E-state index contributed by atoms with van der Waals surface area (Å²) in [5.41, 5.74) is 1.70. The van der Waals surface area contributed by atoms with Crippen molar-refractivity contribution in [2.75, 3.05) is 52.9 Å². The van der Waals surface area contributed by atoms with E-state index in [1.54, 1.807) is 0 Å². The molecule has 12 rings (SSSR count). The molecule has 3 amide bonds. The molecule has 12 aliphatic heterocycles. The molecule has 0 aromatic rings. The molecule has 76 heavy (non-hydrogen) atoms. The summed E-state index contributed by atoms with van der Waals surface area (Å²) < 4.78 is 46.5. The number of allylic oxidation sites excluding steroid dienone is 3.